The van der Waals surface area contributed by atoms with Crippen molar-refractivity contribution in [1.29, 1.82) is 0 Å². The zero-order valence-corrected chi connectivity index (χ0v) is 12.1. The van der Waals surface area contributed by atoms with Gasteiger partial charge >= 0.3 is 0 Å². The minimum Gasteiger partial charge on any atom is -0.468 e. The first-order chi connectivity index (χ1) is 9.75. The van der Waals surface area contributed by atoms with Crippen molar-refractivity contribution in [2.45, 2.75) is 19.5 Å². The SMILES string of the molecule is CC(NCCn1ccc2c(Cl)cccc21)c1ccco1. The molecule has 104 valence electrons. The second-order valence-electron chi connectivity index (χ2n) is 4.87. The molecule has 0 radical (unpaired) electrons. The molecule has 0 amide bonds. The van der Waals surface area contributed by atoms with E-state index in [0.717, 1.165) is 29.3 Å². The number of hydrogen-bond donors (Lipinski definition) is 1. The van der Waals surface area contributed by atoms with Gasteiger partial charge in [-0.2, -0.15) is 0 Å². The summed E-state index contributed by atoms with van der Waals surface area (Å²) in [5, 5.41) is 5.36. The van der Waals surface area contributed by atoms with E-state index in [1.807, 2.05) is 24.3 Å². The average molecular weight is 289 g/mol. The van der Waals surface area contributed by atoms with E-state index in [-0.39, 0.29) is 6.04 Å². The Morgan fingerprint density at radius 2 is 2.15 bits per heavy atom. The van der Waals surface area contributed by atoms with Gasteiger partial charge in [-0.25, -0.2) is 0 Å². The summed E-state index contributed by atoms with van der Waals surface area (Å²) in [6, 6.07) is 12.2. The molecule has 0 fully saturated rings. The molecule has 1 atom stereocenters. The third-order valence-electron chi connectivity index (χ3n) is 3.53. The molecule has 0 saturated carbocycles. The maximum absolute atomic E-state index is 6.18. The third kappa shape index (κ3) is 2.60. The zero-order valence-electron chi connectivity index (χ0n) is 11.3. The molecule has 3 nitrogen and oxygen atoms in total. The highest BCUT2D eigenvalue weighted by Gasteiger charge is 2.08. The smallest absolute Gasteiger partial charge is 0.120 e. The summed E-state index contributed by atoms with van der Waals surface area (Å²) >= 11 is 6.18. The highest BCUT2D eigenvalue weighted by molar-refractivity contribution is 6.35. The second-order valence-corrected chi connectivity index (χ2v) is 5.28. The van der Waals surface area contributed by atoms with E-state index >= 15 is 0 Å². The van der Waals surface area contributed by atoms with Crippen LogP contribution in [0, 0.1) is 0 Å². The molecule has 3 rings (SSSR count). The number of furan rings is 1. The van der Waals surface area contributed by atoms with Crippen molar-refractivity contribution >= 4 is 22.5 Å². The predicted octanol–water partition coefficient (Wildman–Crippen LogP) is 4.24. The Labute approximate surface area is 123 Å². The van der Waals surface area contributed by atoms with Gasteiger partial charge in [0.2, 0.25) is 0 Å². The molecule has 0 saturated heterocycles. The molecular weight excluding hydrogens is 272 g/mol. The summed E-state index contributed by atoms with van der Waals surface area (Å²) in [4.78, 5) is 0. The van der Waals surface area contributed by atoms with Gasteiger partial charge in [0, 0.05) is 35.2 Å². The summed E-state index contributed by atoms with van der Waals surface area (Å²) in [7, 11) is 0. The Bertz CT molecular complexity index is 688. The molecule has 4 heteroatoms. The maximum atomic E-state index is 6.18. The van der Waals surface area contributed by atoms with Crippen LogP contribution in [0.15, 0.2) is 53.3 Å². The molecule has 1 aromatic carbocycles. The Morgan fingerprint density at radius 1 is 1.25 bits per heavy atom. The Morgan fingerprint density at radius 3 is 2.95 bits per heavy atom. The summed E-state index contributed by atoms with van der Waals surface area (Å²) < 4.78 is 7.59. The topological polar surface area (TPSA) is 30.1 Å². The van der Waals surface area contributed by atoms with Gasteiger partial charge in [-0.15, -0.1) is 0 Å². The number of benzene rings is 1. The lowest BCUT2D eigenvalue weighted by molar-refractivity contribution is 0.425. The second kappa shape index (κ2) is 5.73. The van der Waals surface area contributed by atoms with Crippen LogP contribution in [0.4, 0.5) is 0 Å². The van der Waals surface area contributed by atoms with Crippen molar-refractivity contribution in [2.24, 2.45) is 0 Å². The van der Waals surface area contributed by atoms with Crippen molar-refractivity contribution in [3.63, 3.8) is 0 Å². The lowest BCUT2D eigenvalue weighted by Crippen LogP contribution is -2.22. The van der Waals surface area contributed by atoms with Crippen LogP contribution in [0.25, 0.3) is 10.9 Å². The molecule has 0 aliphatic heterocycles. The Hall–Kier alpha value is -1.71. The first-order valence-electron chi connectivity index (χ1n) is 6.76. The van der Waals surface area contributed by atoms with Gasteiger partial charge in [-0.3, -0.25) is 0 Å². The van der Waals surface area contributed by atoms with Crippen molar-refractivity contribution < 1.29 is 4.42 Å². The number of hydrogen-bond acceptors (Lipinski definition) is 2. The molecule has 1 unspecified atom stereocenters. The fourth-order valence-electron chi connectivity index (χ4n) is 2.42. The molecule has 2 aromatic heterocycles. The van der Waals surface area contributed by atoms with Crippen molar-refractivity contribution in [2.75, 3.05) is 6.54 Å². The maximum Gasteiger partial charge on any atom is 0.120 e. The van der Waals surface area contributed by atoms with Crippen LogP contribution in [0.5, 0.6) is 0 Å². The van der Waals surface area contributed by atoms with Gasteiger partial charge in [-0.05, 0) is 37.3 Å². The summed E-state index contributed by atoms with van der Waals surface area (Å²) in [6.07, 6.45) is 3.78. The summed E-state index contributed by atoms with van der Waals surface area (Å²) in [6.45, 7) is 3.87. The number of aromatic nitrogens is 1. The number of nitrogens with zero attached hydrogens (tertiary/aromatic N) is 1. The van der Waals surface area contributed by atoms with Crippen LogP contribution in [-0.4, -0.2) is 11.1 Å². The lowest BCUT2D eigenvalue weighted by Gasteiger charge is -2.12. The monoisotopic (exact) mass is 288 g/mol. The van der Waals surface area contributed by atoms with Crippen LogP contribution >= 0.6 is 11.6 Å². The third-order valence-corrected chi connectivity index (χ3v) is 3.86. The molecular formula is C16H17ClN2O. The quantitative estimate of drug-likeness (QED) is 0.761. The summed E-state index contributed by atoms with van der Waals surface area (Å²) in [5.41, 5.74) is 1.17. The number of halogens is 1. The molecule has 0 aliphatic rings. The highest BCUT2D eigenvalue weighted by Crippen LogP contribution is 2.24. The molecule has 3 aromatic rings. The first kappa shape index (κ1) is 13.3. The standard InChI is InChI=1S/C16H17ClN2O/c1-12(16-6-3-11-20-16)18-8-10-19-9-7-13-14(17)4-2-5-15(13)19/h2-7,9,11-12,18H,8,10H2,1H3. The number of nitrogens with one attached hydrogen (secondary N) is 1. The van der Waals surface area contributed by atoms with E-state index in [4.69, 9.17) is 16.0 Å². The van der Waals surface area contributed by atoms with E-state index in [1.165, 1.54) is 5.52 Å². The molecule has 0 spiro atoms. The number of rotatable bonds is 5. The van der Waals surface area contributed by atoms with E-state index in [9.17, 15) is 0 Å². The zero-order chi connectivity index (χ0) is 13.9. The van der Waals surface area contributed by atoms with Crippen LogP contribution < -0.4 is 5.32 Å². The van der Waals surface area contributed by atoms with E-state index in [0.29, 0.717) is 0 Å². The molecule has 1 N–H and O–H groups in total. The normalized spacial score (nSPS) is 12.9. The van der Waals surface area contributed by atoms with Crippen molar-refractivity contribution in [3.05, 3.63) is 59.6 Å². The van der Waals surface area contributed by atoms with Crippen LogP contribution in [0.1, 0.15) is 18.7 Å². The Balaban J connectivity index is 1.64. The van der Waals surface area contributed by atoms with E-state index < -0.39 is 0 Å². The fraction of sp³-hybridized carbons (Fsp3) is 0.250. The van der Waals surface area contributed by atoms with Gasteiger partial charge in [-0.1, -0.05) is 17.7 Å². The van der Waals surface area contributed by atoms with Gasteiger partial charge in [0.25, 0.3) is 0 Å². The van der Waals surface area contributed by atoms with E-state index in [1.54, 1.807) is 6.26 Å². The first-order valence-corrected chi connectivity index (χ1v) is 7.13. The van der Waals surface area contributed by atoms with E-state index in [2.05, 4.69) is 35.1 Å². The molecule has 20 heavy (non-hydrogen) atoms. The summed E-state index contributed by atoms with van der Waals surface area (Å²) in [5.74, 6) is 0.963. The van der Waals surface area contributed by atoms with Crippen LogP contribution in [0.3, 0.4) is 0 Å². The average Bonchev–Trinajstić information content (AvgIpc) is 3.09. The van der Waals surface area contributed by atoms with Crippen LogP contribution in [0.2, 0.25) is 5.02 Å². The minimum absolute atomic E-state index is 0.218. The van der Waals surface area contributed by atoms with Gasteiger partial charge in [0.05, 0.1) is 12.3 Å². The fourth-order valence-corrected chi connectivity index (χ4v) is 2.65. The van der Waals surface area contributed by atoms with Crippen molar-refractivity contribution in [1.82, 2.24) is 9.88 Å². The highest BCUT2D eigenvalue weighted by atomic mass is 35.5. The van der Waals surface area contributed by atoms with Crippen LogP contribution in [-0.2, 0) is 6.54 Å². The predicted molar refractivity (Wildman–Crippen MR) is 82.1 cm³/mol. The molecule has 0 aliphatic carbocycles. The minimum atomic E-state index is 0.218. The molecule has 0 bridgehead atoms. The van der Waals surface area contributed by atoms with Crippen molar-refractivity contribution in [3.8, 4) is 0 Å². The lowest BCUT2D eigenvalue weighted by atomic mass is 10.2. The Kier molecular flexibility index (Phi) is 3.81. The van der Waals surface area contributed by atoms with Gasteiger partial charge in [0.1, 0.15) is 5.76 Å². The largest absolute Gasteiger partial charge is 0.468 e. The van der Waals surface area contributed by atoms with Gasteiger partial charge < -0.3 is 14.3 Å². The van der Waals surface area contributed by atoms with Gasteiger partial charge in [0.15, 0.2) is 0 Å². The molecule has 2 heterocycles. The number of fused-ring (bicyclic) bond motifs is 1.